The van der Waals surface area contributed by atoms with Crippen LogP contribution in [0.5, 0.6) is 0 Å². The van der Waals surface area contributed by atoms with Crippen LogP contribution in [0.2, 0.25) is 0 Å². The van der Waals surface area contributed by atoms with E-state index in [4.69, 9.17) is 0 Å². The molecule has 0 atom stereocenters. The van der Waals surface area contributed by atoms with Crippen LogP contribution in [0.25, 0.3) is 0 Å². The lowest BCUT2D eigenvalue weighted by molar-refractivity contribution is -0.127. The molecule has 5 heteroatoms. The number of amides is 1. The van der Waals surface area contributed by atoms with Crippen molar-refractivity contribution in [2.75, 3.05) is 33.7 Å². The summed E-state index contributed by atoms with van der Waals surface area (Å²) in [4.78, 5) is 19.9. The van der Waals surface area contributed by atoms with Gasteiger partial charge in [0.05, 0.1) is 0 Å². The number of hydrogen-bond acceptors (Lipinski definition) is 2. The second-order valence-electron chi connectivity index (χ2n) is 6.49. The van der Waals surface area contributed by atoms with Crippen molar-refractivity contribution >= 4 is 11.9 Å². The predicted octanol–water partition coefficient (Wildman–Crippen LogP) is 1.16. The Balaban J connectivity index is 2.80. The molecule has 1 aliphatic heterocycles. The Morgan fingerprint density at radius 2 is 1.89 bits per heavy atom. The number of likely N-dealkylation sites (tertiary alicyclic amines) is 1. The van der Waals surface area contributed by atoms with E-state index in [1.807, 2.05) is 6.92 Å². The van der Waals surface area contributed by atoms with Gasteiger partial charge in [0.25, 0.3) is 0 Å². The van der Waals surface area contributed by atoms with E-state index >= 15 is 0 Å². The molecule has 110 valence electrons. The summed E-state index contributed by atoms with van der Waals surface area (Å²) in [6, 6.07) is 0. The lowest BCUT2D eigenvalue weighted by Crippen LogP contribution is -2.72. The van der Waals surface area contributed by atoms with Crippen LogP contribution in [0.4, 0.5) is 0 Å². The topological polar surface area (TPSA) is 47.9 Å². The number of hydrogen-bond donors (Lipinski definition) is 1. The molecule has 1 saturated heterocycles. The van der Waals surface area contributed by atoms with E-state index in [9.17, 15) is 4.79 Å². The minimum atomic E-state index is 0.0213. The smallest absolute Gasteiger partial charge is 0.243 e. The first kappa shape index (κ1) is 15.8. The largest absolute Gasteiger partial charge is 0.356 e. The number of carbonyl (C=O) groups excluding carboxylic acids is 1. The first-order valence-electron chi connectivity index (χ1n) is 6.89. The summed E-state index contributed by atoms with van der Waals surface area (Å²) >= 11 is 0. The first-order chi connectivity index (χ1) is 8.63. The molecule has 0 aromatic heterocycles. The van der Waals surface area contributed by atoms with E-state index in [2.05, 4.69) is 42.9 Å². The maximum atomic E-state index is 11.6. The third kappa shape index (κ3) is 3.01. The molecule has 0 bridgehead atoms. The van der Waals surface area contributed by atoms with Crippen molar-refractivity contribution in [1.82, 2.24) is 15.1 Å². The molecule has 0 aliphatic carbocycles. The number of carbonyl (C=O) groups is 1. The third-order valence-electron chi connectivity index (χ3n) is 4.34. The second kappa shape index (κ2) is 5.39. The number of nitrogens with zero attached hydrogens (tertiary/aromatic N) is 3. The highest BCUT2D eigenvalue weighted by atomic mass is 16.2. The van der Waals surface area contributed by atoms with Crippen molar-refractivity contribution in [3.63, 3.8) is 0 Å². The fraction of sp³-hybridized carbons (Fsp3) is 0.857. The molecule has 5 nitrogen and oxygen atoms in total. The predicted molar refractivity (Wildman–Crippen MR) is 79.2 cm³/mol. The molecule has 1 heterocycles. The maximum absolute atomic E-state index is 11.6. The van der Waals surface area contributed by atoms with E-state index in [1.165, 1.54) is 0 Å². The molecule has 1 aliphatic rings. The van der Waals surface area contributed by atoms with E-state index in [-0.39, 0.29) is 23.4 Å². The average Bonchev–Trinajstić information content (AvgIpc) is 2.31. The van der Waals surface area contributed by atoms with Crippen molar-refractivity contribution in [1.29, 1.82) is 0 Å². The van der Waals surface area contributed by atoms with Gasteiger partial charge in [-0.3, -0.25) is 4.79 Å². The van der Waals surface area contributed by atoms with Crippen LogP contribution in [-0.4, -0.2) is 60.9 Å². The summed E-state index contributed by atoms with van der Waals surface area (Å²) in [6.45, 7) is 13.0. The zero-order valence-corrected chi connectivity index (χ0v) is 13.4. The van der Waals surface area contributed by atoms with Gasteiger partial charge in [0, 0.05) is 38.1 Å². The van der Waals surface area contributed by atoms with Crippen molar-refractivity contribution in [2.24, 2.45) is 10.4 Å². The minimum absolute atomic E-state index is 0.0213. The summed E-state index contributed by atoms with van der Waals surface area (Å²) in [5, 5.41) is 3.28. The van der Waals surface area contributed by atoms with Crippen LogP contribution < -0.4 is 5.32 Å². The summed E-state index contributed by atoms with van der Waals surface area (Å²) < 4.78 is 0. The van der Waals surface area contributed by atoms with Crippen LogP contribution >= 0.6 is 0 Å². The number of nitrogens with one attached hydrogen (secondary N) is 1. The molecule has 1 rings (SSSR count). The Hall–Kier alpha value is -1.26. The van der Waals surface area contributed by atoms with Crippen LogP contribution in [0.3, 0.4) is 0 Å². The fourth-order valence-corrected chi connectivity index (χ4v) is 2.08. The molecule has 0 aromatic rings. The van der Waals surface area contributed by atoms with Gasteiger partial charge in [-0.05, 0) is 20.8 Å². The molecule has 0 spiro atoms. The van der Waals surface area contributed by atoms with E-state index in [0.29, 0.717) is 0 Å². The first-order valence-corrected chi connectivity index (χ1v) is 6.89. The van der Waals surface area contributed by atoms with Crippen molar-refractivity contribution < 1.29 is 4.79 Å². The molecule has 1 amide bonds. The van der Waals surface area contributed by atoms with Gasteiger partial charge in [-0.15, -0.1) is 0 Å². The zero-order valence-electron chi connectivity index (χ0n) is 13.4. The summed E-state index contributed by atoms with van der Waals surface area (Å²) in [7, 11) is 3.50. The van der Waals surface area contributed by atoms with Gasteiger partial charge < -0.3 is 15.1 Å². The van der Waals surface area contributed by atoms with Crippen LogP contribution in [0, 0.1) is 5.41 Å². The van der Waals surface area contributed by atoms with E-state index < -0.39 is 0 Å². The van der Waals surface area contributed by atoms with Crippen LogP contribution in [-0.2, 0) is 4.79 Å². The molecular weight excluding hydrogens is 240 g/mol. The Morgan fingerprint density at radius 3 is 2.26 bits per heavy atom. The molecular formula is C14H28N4O. The third-order valence-corrected chi connectivity index (χ3v) is 4.34. The second-order valence-corrected chi connectivity index (χ2v) is 6.49. The maximum Gasteiger partial charge on any atom is 0.243 e. The highest BCUT2D eigenvalue weighted by Crippen LogP contribution is 2.46. The van der Waals surface area contributed by atoms with Crippen molar-refractivity contribution in [3.05, 3.63) is 0 Å². The highest BCUT2D eigenvalue weighted by Gasteiger charge is 2.53. The van der Waals surface area contributed by atoms with E-state index in [1.54, 1.807) is 19.0 Å². The Kier molecular flexibility index (Phi) is 4.48. The minimum Gasteiger partial charge on any atom is -0.356 e. The lowest BCUT2D eigenvalue weighted by atomic mass is 9.65. The summed E-state index contributed by atoms with van der Waals surface area (Å²) in [6.07, 6.45) is 0. The monoisotopic (exact) mass is 268 g/mol. The zero-order chi connectivity index (χ0) is 14.8. The Morgan fingerprint density at radius 1 is 1.32 bits per heavy atom. The lowest BCUT2D eigenvalue weighted by Gasteiger charge is -2.62. The molecule has 0 aromatic carbocycles. The summed E-state index contributed by atoms with van der Waals surface area (Å²) in [5.41, 5.74) is 0.309. The molecule has 1 N–H and O–H groups in total. The van der Waals surface area contributed by atoms with Gasteiger partial charge in [0.15, 0.2) is 5.96 Å². The molecule has 1 fully saturated rings. The quantitative estimate of drug-likeness (QED) is 0.617. The van der Waals surface area contributed by atoms with Gasteiger partial charge in [0.2, 0.25) is 5.91 Å². The van der Waals surface area contributed by atoms with Crippen molar-refractivity contribution in [3.8, 4) is 0 Å². The normalized spacial score (nSPS) is 20.8. The van der Waals surface area contributed by atoms with Gasteiger partial charge in [0.1, 0.15) is 6.54 Å². The number of guanidine groups is 1. The number of likely N-dealkylation sites (N-methyl/N-ethyl adjacent to an activating group) is 1. The summed E-state index contributed by atoms with van der Waals surface area (Å²) in [5.74, 6) is 0.856. The van der Waals surface area contributed by atoms with E-state index in [0.717, 1.165) is 19.0 Å². The Labute approximate surface area is 117 Å². The van der Waals surface area contributed by atoms with Crippen molar-refractivity contribution in [2.45, 2.75) is 40.2 Å². The van der Waals surface area contributed by atoms with Gasteiger partial charge in [-0.25, -0.2) is 4.99 Å². The molecule has 19 heavy (non-hydrogen) atoms. The Bertz CT molecular complexity index is 372. The highest BCUT2D eigenvalue weighted by molar-refractivity contribution is 5.86. The molecule has 0 saturated carbocycles. The molecule has 0 radical (unpaired) electrons. The average molecular weight is 268 g/mol. The van der Waals surface area contributed by atoms with Gasteiger partial charge in [-0.1, -0.05) is 13.8 Å². The molecule has 0 unspecified atom stereocenters. The van der Waals surface area contributed by atoms with Crippen LogP contribution in [0.1, 0.15) is 34.6 Å². The fourth-order valence-electron chi connectivity index (χ4n) is 2.08. The van der Waals surface area contributed by atoms with Gasteiger partial charge >= 0.3 is 0 Å². The SMILES string of the molecule is CCNC(=NCC(=O)N(C)C)N1CC(C)(C)C1(C)C. The number of rotatable bonds is 3. The van der Waals surface area contributed by atoms with Crippen LogP contribution in [0.15, 0.2) is 4.99 Å². The standard InChI is InChI=1S/C14H28N4O/c1-8-15-12(16-9-11(19)17(6)7)18-10-13(2,3)14(18,4)5/h8-10H2,1-7H3,(H,15,16). The number of aliphatic imine (C=N–C) groups is 1. The van der Waals surface area contributed by atoms with Gasteiger partial charge in [-0.2, -0.15) is 0 Å².